The van der Waals surface area contributed by atoms with Crippen LogP contribution in [-0.2, 0) is 19.5 Å². The van der Waals surface area contributed by atoms with E-state index in [1.54, 1.807) is 12.3 Å². The lowest BCUT2D eigenvalue weighted by Crippen LogP contribution is -2.42. The number of benzene rings is 1. The first kappa shape index (κ1) is 27.5. The van der Waals surface area contributed by atoms with Gasteiger partial charge in [0.05, 0.1) is 12.2 Å². The molecule has 1 aromatic heterocycles. The van der Waals surface area contributed by atoms with Gasteiger partial charge in [-0.05, 0) is 74.0 Å². The average molecular weight is 501 g/mol. The number of thiocarbonyl (C=S) groups is 2. The van der Waals surface area contributed by atoms with E-state index >= 15 is 0 Å². The number of allylic oxidation sites excluding steroid dienone is 1. The monoisotopic (exact) mass is 500 g/mol. The Morgan fingerprint density at radius 1 is 1.03 bits per heavy atom. The van der Waals surface area contributed by atoms with Gasteiger partial charge in [0.15, 0.2) is 16.0 Å². The van der Waals surface area contributed by atoms with Crippen LogP contribution in [0.5, 0.6) is 0 Å². The number of aliphatic imine (C=N–C) groups is 1. The van der Waals surface area contributed by atoms with Crippen LogP contribution < -0.4 is 21.5 Å². The zero-order chi connectivity index (χ0) is 24.8. The normalized spacial score (nSPS) is 13.5. The van der Waals surface area contributed by atoms with Crippen molar-refractivity contribution in [1.29, 1.82) is 0 Å². The summed E-state index contributed by atoms with van der Waals surface area (Å²) in [6.07, 6.45) is 4.49. The molecule has 0 amide bonds. The summed E-state index contributed by atoms with van der Waals surface area (Å²) in [6.45, 7) is 12.1. The van der Waals surface area contributed by atoms with Gasteiger partial charge in [-0.2, -0.15) is 0 Å². The predicted octanol–water partition coefficient (Wildman–Crippen LogP) is 4.16. The number of hydrogen-bond acceptors (Lipinski definition) is 5. The molecule has 184 valence electrons. The summed E-state index contributed by atoms with van der Waals surface area (Å²) in [5, 5.41) is 6.96. The van der Waals surface area contributed by atoms with Crippen LogP contribution in [0.3, 0.4) is 0 Å². The number of fused-ring (bicyclic) bond motifs is 1. The Labute approximate surface area is 214 Å². The van der Waals surface area contributed by atoms with Crippen molar-refractivity contribution in [3.8, 4) is 0 Å². The van der Waals surface area contributed by atoms with Crippen molar-refractivity contribution in [1.82, 2.24) is 26.4 Å². The van der Waals surface area contributed by atoms with E-state index in [1.165, 1.54) is 11.1 Å². The summed E-state index contributed by atoms with van der Waals surface area (Å²) in [7, 11) is 0. The molecule has 0 saturated heterocycles. The van der Waals surface area contributed by atoms with E-state index in [4.69, 9.17) is 28.9 Å². The van der Waals surface area contributed by atoms with Crippen LogP contribution in [0, 0.1) is 0 Å². The molecule has 1 aliphatic rings. The minimum atomic E-state index is 0.435. The standard InChI is InChI=1S/C23H30N6OS2.C2H6/c1-3-24-22(31)26-13-11-20(27-28-23(32)25-4-2)21-10-9-19(30-21)16-29-14-12-17-7-5-6-8-18(17)15-29;1-2/h5-11,13,27H,3-4,12,14-16H2,1-2H3,(H,24,31)(H2,25,28,32);1-2H3/b20-11+,26-13-;. The topological polar surface area (TPSA) is 76.9 Å². The van der Waals surface area contributed by atoms with E-state index in [-0.39, 0.29) is 0 Å². The van der Waals surface area contributed by atoms with Crippen LogP contribution in [0.15, 0.2) is 51.9 Å². The molecule has 0 fully saturated rings. The zero-order valence-electron chi connectivity index (χ0n) is 20.5. The fraction of sp³-hybridized carbons (Fsp3) is 0.400. The largest absolute Gasteiger partial charge is 0.458 e. The fourth-order valence-corrected chi connectivity index (χ4v) is 3.81. The molecule has 9 heteroatoms. The molecule has 0 spiro atoms. The molecular formula is C25H36N6OS2. The highest BCUT2D eigenvalue weighted by molar-refractivity contribution is 7.80. The van der Waals surface area contributed by atoms with Crippen molar-refractivity contribution >= 4 is 46.6 Å². The second kappa shape index (κ2) is 15.2. The van der Waals surface area contributed by atoms with Crippen LogP contribution in [0.1, 0.15) is 50.3 Å². The van der Waals surface area contributed by atoms with Crippen molar-refractivity contribution in [3.05, 3.63) is 65.1 Å². The lowest BCUT2D eigenvalue weighted by molar-refractivity contribution is 0.225. The molecule has 0 radical (unpaired) electrons. The Balaban J connectivity index is 0.00000199. The van der Waals surface area contributed by atoms with Gasteiger partial charge in [-0.1, -0.05) is 38.1 Å². The highest BCUT2D eigenvalue weighted by atomic mass is 32.1. The summed E-state index contributed by atoms with van der Waals surface area (Å²) < 4.78 is 6.15. The molecule has 0 atom stereocenters. The van der Waals surface area contributed by atoms with Gasteiger partial charge >= 0.3 is 0 Å². The van der Waals surface area contributed by atoms with Crippen molar-refractivity contribution in [2.24, 2.45) is 4.99 Å². The molecular weight excluding hydrogens is 464 g/mol. The quantitative estimate of drug-likeness (QED) is 0.245. The zero-order valence-corrected chi connectivity index (χ0v) is 22.1. The van der Waals surface area contributed by atoms with Gasteiger partial charge in [-0.25, -0.2) is 4.99 Å². The summed E-state index contributed by atoms with van der Waals surface area (Å²) in [5.74, 6) is 1.59. The molecule has 2 aromatic rings. The number of nitrogens with zero attached hydrogens (tertiary/aromatic N) is 2. The van der Waals surface area contributed by atoms with Gasteiger partial charge in [0.2, 0.25) is 0 Å². The maximum atomic E-state index is 6.15. The molecule has 3 rings (SSSR count). The molecule has 1 aliphatic heterocycles. The van der Waals surface area contributed by atoms with Crippen LogP contribution in [-0.4, -0.2) is 41.0 Å². The number of rotatable bonds is 8. The highest BCUT2D eigenvalue weighted by Gasteiger charge is 2.17. The molecule has 1 aromatic carbocycles. The van der Waals surface area contributed by atoms with E-state index in [9.17, 15) is 0 Å². The number of furan rings is 1. The molecule has 0 unspecified atom stereocenters. The van der Waals surface area contributed by atoms with E-state index in [1.807, 2.05) is 39.8 Å². The van der Waals surface area contributed by atoms with Gasteiger partial charge in [-0.15, -0.1) is 0 Å². The SMILES string of the molecule is CC.CCNC(=S)/N=C\C=C(\NNC(=S)NCC)c1ccc(CN2CCc3ccccc3C2)o1. The second-order valence-corrected chi connectivity index (χ2v) is 8.09. The highest BCUT2D eigenvalue weighted by Crippen LogP contribution is 2.22. The minimum Gasteiger partial charge on any atom is -0.458 e. The lowest BCUT2D eigenvalue weighted by Gasteiger charge is -2.27. The van der Waals surface area contributed by atoms with Crippen LogP contribution in [0.4, 0.5) is 0 Å². The van der Waals surface area contributed by atoms with E-state index in [0.717, 1.165) is 44.9 Å². The third-order valence-electron chi connectivity index (χ3n) is 4.93. The van der Waals surface area contributed by atoms with E-state index in [0.29, 0.717) is 21.7 Å². The fourth-order valence-electron chi connectivity index (χ4n) is 3.41. The minimum absolute atomic E-state index is 0.435. The lowest BCUT2D eigenvalue weighted by atomic mass is 10.00. The summed E-state index contributed by atoms with van der Waals surface area (Å²) in [5.41, 5.74) is 9.60. The van der Waals surface area contributed by atoms with Crippen LogP contribution >= 0.6 is 24.4 Å². The molecule has 2 heterocycles. The molecule has 0 bridgehead atoms. The second-order valence-electron chi connectivity index (χ2n) is 7.30. The summed E-state index contributed by atoms with van der Waals surface area (Å²) in [6, 6.07) is 12.6. The van der Waals surface area contributed by atoms with Crippen molar-refractivity contribution in [2.45, 2.75) is 47.2 Å². The Morgan fingerprint density at radius 3 is 2.50 bits per heavy atom. The Bertz CT molecular complexity index is 985. The van der Waals surface area contributed by atoms with Gasteiger partial charge in [-0.3, -0.25) is 15.8 Å². The first-order valence-corrected chi connectivity index (χ1v) is 12.6. The van der Waals surface area contributed by atoms with Gasteiger partial charge < -0.3 is 15.1 Å². The number of hydrazine groups is 1. The van der Waals surface area contributed by atoms with Crippen molar-refractivity contribution < 1.29 is 4.42 Å². The molecule has 7 nitrogen and oxygen atoms in total. The molecule has 34 heavy (non-hydrogen) atoms. The first-order chi connectivity index (χ1) is 16.6. The smallest absolute Gasteiger partial charge is 0.192 e. The van der Waals surface area contributed by atoms with Crippen LogP contribution in [0.2, 0.25) is 0 Å². The number of hydrogen-bond donors (Lipinski definition) is 4. The van der Waals surface area contributed by atoms with Gasteiger partial charge in [0.1, 0.15) is 5.76 Å². The van der Waals surface area contributed by atoms with Gasteiger partial charge in [0.25, 0.3) is 0 Å². The Hall–Kier alpha value is -2.75. The summed E-state index contributed by atoms with van der Waals surface area (Å²) >= 11 is 10.4. The van der Waals surface area contributed by atoms with Crippen molar-refractivity contribution in [2.75, 3.05) is 19.6 Å². The number of nitrogens with one attached hydrogen (secondary N) is 4. The Kier molecular flexibility index (Phi) is 12.3. The average Bonchev–Trinajstić information content (AvgIpc) is 3.31. The third-order valence-corrected chi connectivity index (χ3v) is 5.42. The molecule has 0 saturated carbocycles. The van der Waals surface area contributed by atoms with E-state index < -0.39 is 0 Å². The van der Waals surface area contributed by atoms with Crippen LogP contribution in [0.25, 0.3) is 5.70 Å². The maximum Gasteiger partial charge on any atom is 0.192 e. The Morgan fingerprint density at radius 2 is 1.76 bits per heavy atom. The third kappa shape index (κ3) is 8.89. The van der Waals surface area contributed by atoms with Crippen molar-refractivity contribution in [3.63, 3.8) is 0 Å². The summed E-state index contributed by atoms with van der Waals surface area (Å²) in [4.78, 5) is 6.62. The molecule has 4 N–H and O–H groups in total. The molecule has 0 aliphatic carbocycles. The predicted molar refractivity (Wildman–Crippen MR) is 150 cm³/mol. The van der Waals surface area contributed by atoms with E-state index in [2.05, 4.69) is 55.6 Å². The van der Waals surface area contributed by atoms with Gasteiger partial charge in [0, 0.05) is 32.4 Å². The first-order valence-electron chi connectivity index (χ1n) is 11.8. The maximum absolute atomic E-state index is 6.15.